The van der Waals surface area contributed by atoms with Crippen LogP contribution in [0.2, 0.25) is 0 Å². The first-order valence-electron chi connectivity index (χ1n) is 3.68. The lowest BCUT2D eigenvalue weighted by atomic mass is 10.2. The molecule has 0 spiro atoms. The van der Waals surface area contributed by atoms with Gasteiger partial charge >= 0.3 is 0 Å². The number of amides is 1. The molecule has 0 fully saturated rings. The van der Waals surface area contributed by atoms with E-state index in [-0.39, 0.29) is 12.0 Å². The van der Waals surface area contributed by atoms with Gasteiger partial charge in [-0.1, -0.05) is 11.8 Å². The Morgan fingerprint density at radius 2 is 2.29 bits per heavy atom. The van der Waals surface area contributed by atoms with Gasteiger partial charge in [-0.3, -0.25) is 4.79 Å². The van der Waals surface area contributed by atoms with E-state index in [0.717, 1.165) is 12.3 Å². The molecule has 1 aromatic rings. The van der Waals surface area contributed by atoms with E-state index in [1.807, 2.05) is 0 Å². The molecule has 2 N–H and O–H groups in total. The molecule has 1 aromatic heterocycles. The minimum atomic E-state index is -1.18. The molecule has 0 aliphatic rings. The summed E-state index contributed by atoms with van der Waals surface area (Å²) in [5, 5.41) is 0. The maximum absolute atomic E-state index is 12.6. The summed E-state index contributed by atoms with van der Waals surface area (Å²) in [4.78, 5) is 13.4. The van der Waals surface area contributed by atoms with Crippen LogP contribution in [-0.2, 0) is 4.79 Å². The first-order chi connectivity index (χ1) is 6.59. The van der Waals surface area contributed by atoms with Crippen molar-refractivity contribution in [2.75, 3.05) is 0 Å². The summed E-state index contributed by atoms with van der Waals surface area (Å²) in [7, 11) is 0. The standard InChI is InChI=1S/C9H6F2N2O/c10-7-4-6(5-13-9(7)11)2-1-3-8(12)14/h4-5H,3H2,(H2,12,14). The van der Waals surface area contributed by atoms with Gasteiger partial charge in [0.05, 0.1) is 6.42 Å². The van der Waals surface area contributed by atoms with Crippen LogP contribution in [0.1, 0.15) is 12.0 Å². The highest BCUT2D eigenvalue weighted by Gasteiger charge is 2.01. The molecule has 0 radical (unpaired) electrons. The molecule has 14 heavy (non-hydrogen) atoms. The number of aromatic nitrogens is 1. The van der Waals surface area contributed by atoms with E-state index in [9.17, 15) is 13.6 Å². The molecular formula is C9H6F2N2O. The molecule has 1 heterocycles. The normalized spacial score (nSPS) is 9.00. The molecule has 72 valence electrons. The number of halogens is 2. The number of rotatable bonds is 1. The average Bonchev–Trinajstić information content (AvgIpc) is 2.10. The number of carbonyl (C=O) groups excluding carboxylic acids is 1. The average molecular weight is 196 g/mol. The minimum Gasteiger partial charge on any atom is -0.369 e. The van der Waals surface area contributed by atoms with Crippen molar-refractivity contribution in [1.29, 1.82) is 0 Å². The number of nitrogens with two attached hydrogens (primary N) is 1. The predicted octanol–water partition coefficient (Wildman–Crippen LogP) is 0.587. The van der Waals surface area contributed by atoms with Crippen LogP contribution >= 0.6 is 0 Å². The van der Waals surface area contributed by atoms with Crippen molar-refractivity contribution in [3.05, 3.63) is 29.6 Å². The van der Waals surface area contributed by atoms with Crippen molar-refractivity contribution < 1.29 is 13.6 Å². The second-order valence-electron chi connectivity index (χ2n) is 2.44. The number of hydrogen-bond acceptors (Lipinski definition) is 2. The van der Waals surface area contributed by atoms with Crippen molar-refractivity contribution in [2.45, 2.75) is 6.42 Å². The summed E-state index contributed by atoms with van der Waals surface area (Å²) in [6.45, 7) is 0. The van der Waals surface area contributed by atoms with Gasteiger partial charge in [0.25, 0.3) is 0 Å². The summed E-state index contributed by atoms with van der Waals surface area (Å²) in [5.74, 6) is 1.99. The van der Waals surface area contributed by atoms with Gasteiger partial charge in [0.2, 0.25) is 11.9 Å². The highest BCUT2D eigenvalue weighted by molar-refractivity contribution is 5.76. The van der Waals surface area contributed by atoms with Gasteiger partial charge in [0.15, 0.2) is 5.82 Å². The molecule has 1 rings (SSSR count). The zero-order valence-corrected chi connectivity index (χ0v) is 7.05. The second-order valence-corrected chi connectivity index (χ2v) is 2.44. The lowest BCUT2D eigenvalue weighted by molar-refractivity contribution is -0.117. The fourth-order valence-electron chi connectivity index (χ4n) is 0.723. The summed E-state index contributed by atoms with van der Waals surface area (Å²) in [6, 6.07) is 0.899. The van der Waals surface area contributed by atoms with E-state index in [1.54, 1.807) is 0 Å². The van der Waals surface area contributed by atoms with E-state index in [1.165, 1.54) is 0 Å². The van der Waals surface area contributed by atoms with Gasteiger partial charge in [-0.05, 0) is 6.07 Å². The van der Waals surface area contributed by atoms with E-state index >= 15 is 0 Å². The van der Waals surface area contributed by atoms with Crippen LogP contribution in [0.5, 0.6) is 0 Å². The maximum Gasteiger partial charge on any atom is 0.248 e. The Balaban J connectivity index is 2.81. The van der Waals surface area contributed by atoms with Crippen molar-refractivity contribution >= 4 is 5.91 Å². The lowest BCUT2D eigenvalue weighted by Gasteiger charge is -1.91. The van der Waals surface area contributed by atoms with E-state index in [0.29, 0.717) is 0 Å². The van der Waals surface area contributed by atoms with Crippen molar-refractivity contribution in [3.8, 4) is 11.8 Å². The van der Waals surface area contributed by atoms with Crippen molar-refractivity contribution in [1.82, 2.24) is 4.98 Å². The van der Waals surface area contributed by atoms with E-state index < -0.39 is 17.7 Å². The number of pyridine rings is 1. The third-order valence-electron chi connectivity index (χ3n) is 1.29. The van der Waals surface area contributed by atoms with Gasteiger partial charge in [-0.15, -0.1) is 0 Å². The third-order valence-corrected chi connectivity index (χ3v) is 1.29. The van der Waals surface area contributed by atoms with Crippen LogP contribution < -0.4 is 5.73 Å². The van der Waals surface area contributed by atoms with Crippen LogP contribution in [-0.4, -0.2) is 10.9 Å². The Hall–Kier alpha value is -1.96. The van der Waals surface area contributed by atoms with Crippen LogP contribution in [0.25, 0.3) is 0 Å². The quantitative estimate of drug-likeness (QED) is 0.527. The molecule has 0 bridgehead atoms. The summed E-state index contributed by atoms with van der Waals surface area (Å²) >= 11 is 0. The maximum atomic E-state index is 12.6. The highest BCUT2D eigenvalue weighted by atomic mass is 19.2. The fourth-order valence-corrected chi connectivity index (χ4v) is 0.723. The fraction of sp³-hybridized carbons (Fsp3) is 0.111. The second kappa shape index (κ2) is 4.33. The molecule has 1 amide bonds. The van der Waals surface area contributed by atoms with Crippen molar-refractivity contribution in [3.63, 3.8) is 0 Å². The number of primary amides is 1. The van der Waals surface area contributed by atoms with Gasteiger partial charge in [0, 0.05) is 11.8 Å². The topological polar surface area (TPSA) is 56.0 Å². The smallest absolute Gasteiger partial charge is 0.248 e. The minimum absolute atomic E-state index is 0.126. The monoisotopic (exact) mass is 196 g/mol. The van der Waals surface area contributed by atoms with Gasteiger partial charge in [-0.2, -0.15) is 4.39 Å². The first kappa shape index (κ1) is 10.1. The molecule has 0 atom stereocenters. The van der Waals surface area contributed by atoms with Gasteiger partial charge in [-0.25, -0.2) is 9.37 Å². The SMILES string of the molecule is NC(=O)CC#Cc1cnc(F)c(F)c1. The zero-order valence-electron chi connectivity index (χ0n) is 7.05. The largest absolute Gasteiger partial charge is 0.369 e. The van der Waals surface area contributed by atoms with Gasteiger partial charge < -0.3 is 5.73 Å². The summed E-state index contributed by atoms with van der Waals surface area (Å²) in [5.41, 5.74) is 5.02. The Morgan fingerprint density at radius 3 is 2.86 bits per heavy atom. The molecule has 0 aliphatic carbocycles. The Kier molecular flexibility index (Phi) is 3.13. The lowest BCUT2D eigenvalue weighted by Crippen LogP contribution is -2.08. The first-order valence-corrected chi connectivity index (χ1v) is 3.68. The van der Waals surface area contributed by atoms with Crippen LogP contribution in [0.3, 0.4) is 0 Å². The molecule has 0 aliphatic heterocycles. The predicted molar refractivity (Wildman–Crippen MR) is 44.8 cm³/mol. The van der Waals surface area contributed by atoms with Crippen LogP contribution in [0.15, 0.2) is 12.3 Å². The molecule has 0 saturated heterocycles. The third kappa shape index (κ3) is 2.83. The molecule has 3 nitrogen and oxygen atoms in total. The Morgan fingerprint density at radius 1 is 1.57 bits per heavy atom. The summed E-state index contributed by atoms with van der Waals surface area (Å²) < 4.78 is 24.9. The van der Waals surface area contributed by atoms with E-state index in [4.69, 9.17) is 5.73 Å². The number of nitrogens with zero attached hydrogens (tertiary/aromatic N) is 1. The zero-order chi connectivity index (χ0) is 10.6. The number of carbonyl (C=O) groups is 1. The molecule has 0 unspecified atom stereocenters. The molecule has 0 saturated carbocycles. The van der Waals surface area contributed by atoms with Crippen LogP contribution in [0.4, 0.5) is 8.78 Å². The van der Waals surface area contributed by atoms with Crippen LogP contribution in [0, 0.1) is 23.6 Å². The summed E-state index contributed by atoms with van der Waals surface area (Å²) in [6.07, 6.45) is 0.950. The Labute approximate surface area is 78.9 Å². The Bertz CT molecular complexity index is 421. The highest BCUT2D eigenvalue weighted by Crippen LogP contribution is 2.03. The molecular weight excluding hydrogens is 190 g/mol. The van der Waals surface area contributed by atoms with E-state index in [2.05, 4.69) is 16.8 Å². The number of hydrogen-bond donors (Lipinski definition) is 1. The molecule has 0 aromatic carbocycles. The van der Waals surface area contributed by atoms with Crippen molar-refractivity contribution in [2.24, 2.45) is 5.73 Å². The molecule has 5 heteroatoms. The van der Waals surface area contributed by atoms with Gasteiger partial charge in [0.1, 0.15) is 0 Å².